The molecule has 2 aromatic heterocycles. The van der Waals surface area contributed by atoms with Crippen LogP contribution in [0.15, 0.2) is 24.7 Å². The van der Waals surface area contributed by atoms with Crippen molar-refractivity contribution in [3.8, 4) is 0 Å². The Balaban J connectivity index is 1.88. The zero-order valence-electron chi connectivity index (χ0n) is 12.8. The first-order chi connectivity index (χ1) is 11.4. The Morgan fingerprint density at radius 3 is 2.79 bits per heavy atom. The van der Waals surface area contributed by atoms with Crippen LogP contribution in [0.25, 0.3) is 0 Å². The second kappa shape index (κ2) is 7.86. The number of halogens is 3. The van der Waals surface area contributed by atoms with Gasteiger partial charge < -0.3 is 24.8 Å². The number of alkyl halides is 3. The molecule has 0 saturated heterocycles. The number of hydrogen-bond donors (Lipinski definition) is 3. The molecule has 2 aromatic rings. The highest BCUT2D eigenvalue weighted by Gasteiger charge is 2.43. The molecule has 0 aliphatic rings. The van der Waals surface area contributed by atoms with Crippen LogP contribution in [0.4, 0.5) is 18.9 Å². The lowest BCUT2D eigenvalue weighted by atomic mass is 10.3. The van der Waals surface area contributed by atoms with Gasteiger partial charge in [-0.1, -0.05) is 0 Å². The fourth-order valence-electron chi connectivity index (χ4n) is 2.00. The predicted molar refractivity (Wildman–Crippen MR) is 78.6 cm³/mol. The van der Waals surface area contributed by atoms with Crippen LogP contribution >= 0.6 is 0 Å². The summed E-state index contributed by atoms with van der Waals surface area (Å²) in [7, 11) is 0. The van der Waals surface area contributed by atoms with E-state index in [0.717, 1.165) is 0 Å². The highest BCUT2D eigenvalue weighted by Crippen LogP contribution is 2.33. The van der Waals surface area contributed by atoms with Gasteiger partial charge in [0.1, 0.15) is 11.5 Å². The van der Waals surface area contributed by atoms with Gasteiger partial charge in [0.15, 0.2) is 0 Å². The first-order valence-electron chi connectivity index (χ1n) is 7.19. The number of anilines is 1. The Bertz CT molecular complexity index is 640. The van der Waals surface area contributed by atoms with E-state index >= 15 is 0 Å². The second-order valence-corrected chi connectivity index (χ2v) is 4.68. The highest BCUT2D eigenvalue weighted by molar-refractivity contribution is 5.93. The Hall–Kier alpha value is -2.49. The maximum atomic E-state index is 13.0. The van der Waals surface area contributed by atoms with Gasteiger partial charge >= 0.3 is 12.1 Å². The molecule has 0 spiro atoms. The summed E-state index contributed by atoms with van der Waals surface area (Å²) in [5, 5.41) is 2.83. The minimum absolute atomic E-state index is 0.0670. The standard InChI is InChI=1S/C14H17F3N4O3/c1-2-23-13(22)10-9(3-4-19-10)18-7-8-24-11(14(15,16)17)12-20-5-6-21-12/h3-6,11,18-19H,2,7-8H2,1H3,(H,20,21). The maximum absolute atomic E-state index is 13.0. The molecule has 0 aliphatic carbocycles. The third kappa shape index (κ3) is 4.51. The topological polar surface area (TPSA) is 92.0 Å². The van der Waals surface area contributed by atoms with Gasteiger partial charge in [0.25, 0.3) is 0 Å². The Kier molecular flexibility index (Phi) is 5.85. The summed E-state index contributed by atoms with van der Waals surface area (Å²) in [5.74, 6) is -0.856. The van der Waals surface area contributed by atoms with E-state index < -0.39 is 18.2 Å². The second-order valence-electron chi connectivity index (χ2n) is 4.68. The number of aromatic nitrogens is 3. The normalized spacial score (nSPS) is 12.8. The molecular formula is C14H17F3N4O3. The van der Waals surface area contributed by atoms with E-state index in [1.54, 1.807) is 13.0 Å². The summed E-state index contributed by atoms with van der Waals surface area (Å²) in [5.41, 5.74) is 0.633. The molecule has 0 amide bonds. The number of esters is 1. The zero-order valence-corrected chi connectivity index (χ0v) is 12.8. The molecule has 0 fully saturated rings. The predicted octanol–water partition coefficient (Wildman–Crippen LogP) is 2.65. The van der Waals surface area contributed by atoms with Crippen LogP contribution in [0.5, 0.6) is 0 Å². The third-order valence-electron chi connectivity index (χ3n) is 2.99. The Morgan fingerprint density at radius 2 is 2.17 bits per heavy atom. The van der Waals surface area contributed by atoms with Gasteiger partial charge in [0.2, 0.25) is 6.10 Å². The molecule has 0 aromatic carbocycles. The van der Waals surface area contributed by atoms with Crippen LogP contribution in [-0.2, 0) is 9.47 Å². The van der Waals surface area contributed by atoms with Crippen molar-refractivity contribution >= 4 is 11.7 Å². The minimum atomic E-state index is -4.58. The van der Waals surface area contributed by atoms with Crippen LogP contribution < -0.4 is 5.32 Å². The van der Waals surface area contributed by atoms with Crippen molar-refractivity contribution in [2.45, 2.75) is 19.2 Å². The lowest BCUT2D eigenvalue weighted by Crippen LogP contribution is -2.26. The van der Waals surface area contributed by atoms with Gasteiger partial charge in [-0.05, 0) is 13.0 Å². The maximum Gasteiger partial charge on any atom is 0.421 e. The summed E-state index contributed by atoms with van der Waals surface area (Å²) in [4.78, 5) is 20.4. The number of nitrogens with zero attached hydrogens (tertiary/aromatic N) is 1. The van der Waals surface area contributed by atoms with E-state index in [0.29, 0.717) is 5.69 Å². The van der Waals surface area contributed by atoms with E-state index in [4.69, 9.17) is 9.47 Å². The lowest BCUT2D eigenvalue weighted by molar-refractivity contribution is -0.225. The van der Waals surface area contributed by atoms with Gasteiger partial charge in [0.05, 0.1) is 18.9 Å². The fraction of sp³-hybridized carbons (Fsp3) is 0.429. The number of ether oxygens (including phenoxy) is 2. The molecular weight excluding hydrogens is 329 g/mol. The molecule has 2 heterocycles. The van der Waals surface area contributed by atoms with Crippen LogP contribution in [0.2, 0.25) is 0 Å². The van der Waals surface area contributed by atoms with Crippen molar-refractivity contribution in [3.63, 3.8) is 0 Å². The van der Waals surface area contributed by atoms with Crippen molar-refractivity contribution in [2.24, 2.45) is 0 Å². The van der Waals surface area contributed by atoms with Crippen LogP contribution in [-0.4, -0.2) is 46.9 Å². The number of carbonyl (C=O) groups excluding carboxylic acids is 1. The molecule has 0 aliphatic heterocycles. The molecule has 0 bridgehead atoms. The number of rotatable bonds is 8. The summed E-state index contributed by atoms with van der Waals surface area (Å²) < 4.78 is 48.7. The van der Waals surface area contributed by atoms with Gasteiger partial charge in [-0.3, -0.25) is 0 Å². The summed E-state index contributed by atoms with van der Waals surface area (Å²) in [6.45, 7) is 1.72. The molecule has 0 saturated carbocycles. The number of H-pyrrole nitrogens is 2. The van der Waals surface area contributed by atoms with Crippen molar-refractivity contribution < 1.29 is 27.4 Å². The SMILES string of the molecule is CCOC(=O)c1[nH]ccc1NCCOC(c1ncc[nH]1)C(F)(F)F. The van der Waals surface area contributed by atoms with Crippen LogP contribution in [0.3, 0.4) is 0 Å². The van der Waals surface area contributed by atoms with E-state index in [1.165, 1.54) is 18.6 Å². The molecule has 132 valence electrons. The molecule has 2 rings (SSSR count). The van der Waals surface area contributed by atoms with Crippen LogP contribution in [0, 0.1) is 0 Å². The molecule has 1 atom stereocenters. The number of nitrogens with one attached hydrogen (secondary N) is 3. The Labute approximate surface area is 135 Å². The number of carbonyl (C=O) groups is 1. The highest BCUT2D eigenvalue weighted by atomic mass is 19.4. The lowest BCUT2D eigenvalue weighted by Gasteiger charge is -2.19. The minimum Gasteiger partial charge on any atom is -0.461 e. The largest absolute Gasteiger partial charge is 0.461 e. The quantitative estimate of drug-likeness (QED) is 0.505. The first-order valence-corrected chi connectivity index (χ1v) is 7.19. The van der Waals surface area contributed by atoms with E-state index in [2.05, 4.69) is 20.3 Å². The average Bonchev–Trinajstić information content (AvgIpc) is 3.17. The molecule has 3 N–H and O–H groups in total. The van der Waals surface area contributed by atoms with Crippen molar-refractivity contribution in [1.29, 1.82) is 0 Å². The van der Waals surface area contributed by atoms with Gasteiger partial charge in [0, 0.05) is 25.1 Å². The van der Waals surface area contributed by atoms with Crippen molar-refractivity contribution in [1.82, 2.24) is 15.0 Å². The summed E-state index contributed by atoms with van der Waals surface area (Å²) >= 11 is 0. The first kappa shape index (κ1) is 17.9. The molecule has 24 heavy (non-hydrogen) atoms. The monoisotopic (exact) mass is 346 g/mol. The van der Waals surface area contributed by atoms with E-state index in [-0.39, 0.29) is 31.3 Å². The number of imidazole rings is 1. The number of aromatic amines is 2. The van der Waals surface area contributed by atoms with Gasteiger partial charge in [-0.2, -0.15) is 13.2 Å². The molecule has 0 radical (unpaired) electrons. The Morgan fingerprint density at radius 1 is 1.38 bits per heavy atom. The molecule has 7 nitrogen and oxygen atoms in total. The fourth-order valence-corrected chi connectivity index (χ4v) is 2.00. The van der Waals surface area contributed by atoms with Crippen molar-refractivity contribution in [3.05, 3.63) is 36.2 Å². The average molecular weight is 346 g/mol. The molecule has 10 heteroatoms. The zero-order chi connectivity index (χ0) is 17.6. The van der Waals surface area contributed by atoms with Crippen LogP contribution in [0.1, 0.15) is 29.3 Å². The summed E-state index contributed by atoms with van der Waals surface area (Å²) in [6, 6.07) is 1.58. The number of hydrogen-bond acceptors (Lipinski definition) is 5. The smallest absolute Gasteiger partial charge is 0.421 e. The third-order valence-corrected chi connectivity index (χ3v) is 2.99. The van der Waals surface area contributed by atoms with Crippen molar-refractivity contribution in [2.75, 3.05) is 25.1 Å². The van der Waals surface area contributed by atoms with E-state index in [1.807, 2.05) is 0 Å². The van der Waals surface area contributed by atoms with Gasteiger partial charge in [-0.25, -0.2) is 9.78 Å². The van der Waals surface area contributed by atoms with Gasteiger partial charge in [-0.15, -0.1) is 0 Å². The molecule has 1 unspecified atom stereocenters. The summed E-state index contributed by atoms with van der Waals surface area (Å²) in [6.07, 6.45) is -2.67. The van der Waals surface area contributed by atoms with E-state index in [9.17, 15) is 18.0 Å².